The van der Waals surface area contributed by atoms with Crippen molar-refractivity contribution in [1.29, 1.82) is 0 Å². The largest absolute Gasteiger partial charge is 0.345 e. The number of benzene rings is 1. The van der Waals surface area contributed by atoms with Gasteiger partial charge in [-0.3, -0.25) is 4.99 Å². The first-order valence-corrected chi connectivity index (χ1v) is 9.80. The molecule has 3 aromatic rings. The van der Waals surface area contributed by atoms with Crippen molar-refractivity contribution in [3.05, 3.63) is 66.8 Å². The monoisotopic (exact) mass is 381 g/mol. The number of aliphatic imine (C=N–C) groups is 1. The molecule has 0 atom stereocenters. The quantitative estimate of drug-likeness (QED) is 0.367. The fourth-order valence-corrected chi connectivity index (χ4v) is 3.26. The normalized spacial score (nSPS) is 10.7. The smallest absolute Gasteiger partial charge is 0.112 e. The Morgan fingerprint density at radius 3 is 2.19 bits per heavy atom. The number of imidazole rings is 1. The Morgan fingerprint density at radius 1 is 1.15 bits per heavy atom. The first kappa shape index (κ1) is 22.6. The van der Waals surface area contributed by atoms with Gasteiger partial charge in [0.25, 0.3) is 0 Å². The Hall–Kier alpha value is -2.46. The summed E-state index contributed by atoms with van der Waals surface area (Å²) in [6.07, 6.45) is 5.39. The third kappa shape index (κ3) is 6.65. The number of aryl methyl sites for hydroxylation is 1. The van der Waals surface area contributed by atoms with Crippen LogP contribution in [0.1, 0.15) is 46.1 Å². The Balaban J connectivity index is 0.000000390. The summed E-state index contributed by atoms with van der Waals surface area (Å²) in [5.41, 5.74) is 2.29. The summed E-state index contributed by atoms with van der Waals surface area (Å²) in [5, 5.41) is 1.29. The van der Waals surface area contributed by atoms with Gasteiger partial charge in [0.1, 0.15) is 11.5 Å². The highest BCUT2D eigenvalue weighted by Gasteiger charge is 2.20. The second-order valence-corrected chi connectivity index (χ2v) is 8.07. The maximum Gasteiger partial charge on any atom is 0.112 e. The number of rotatable bonds is 2. The third-order valence-electron chi connectivity index (χ3n) is 3.72. The molecule has 2 heterocycles. The van der Waals surface area contributed by atoms with E-state index in [0.717, 1.165) is 17.2 Å². The van der Waals surface area contributed by atoms with E-state index < -0.39 is 0 Å². The van der Waals surface area contributed by atoms with Gasteiger partial charge < -0.3 is 4.98 Å². The zero-order valence-corrected chi connectivity index (χ0v) is 18.2. The minimum absolute atomic E-state index is 0.0553. The van der Waals surface area contributed by atoms with Crippen LogP contribution < -0.4 is 0 Å². The number of aromatic nitrogens is 2. The van der Waals surface area contributed by atoms with E-state index in [0.29, 0.717) is 0 Å². The molecule has 0 aliphatic carbocycles. The van der Waals surface area contributed by atoms with Crippen molar-refractivity contribution in [3.8, 4) is 10.6 Å². The van der Waals surface area contributed by atoms with Crippen LogP contribution in [0.5, 0.6) is 0 Å². The van der Waals surface area contributed by atoms with Gasteiger partial charge in [0.05, 0.1) is 4.88 Å². The predicted molar refractivity (Wildman–Crippen MR) is 123 cm³/mol. The highest BCUT2D eigenvalue weighted by Crippen LogP contribution is 2.35. The molecule has 0 spiro atoms. The molecule has 144 valence electrons. The molecule has 0 unspecified atom stereocenters. The van der Waals surface area contributed by atoms with E-state index in [1.807, 2.05) is 26.0 Å². The molecule has 0 saturated carbocycles. The van der Waals surface area contributed by atoms with E-state index in [1.54, 1.807) is 11.3 Å². The van der Waals surface area contributed by atoms with Gasteiger partial charge in [-0.1, -0.05) is 57.7 Å². The van der Waals surface area contributed by atoms with Crippen molar-refractivity contribution >= 4 is 28.1 Å². The van der Waals surface area contributed by atoms with Crippen molar-refractivity contribution in [1.82, 2.24) is 9.97 Å². The van der Waals surface area contributed by atoms with Gasteiger partial charge in [-0.25, -0.2) is 4.98 Å². The van der Waals surface area contributed by atoms with Crippen molar-refractivity contribution in [2.24, 2.45) is 4.99 Å². The molecule has 4 heteroatoms. The molecule has 3 rings (SSSR count). The summed E-state index contributed by atoms with van der Waals surface area (Å²) >= 11 is 1.81. The van der Waals surface area contributed by atoms with Crippen LogP contribution in [0.4, 0.5) is 0 Å². The molecular formula is C23H31N3S. The number of H-pyrrole nitrogens is 1. The Bertz CT molecular complexity index is 849. The van der Waals surface area contributed by atoms with Crippen molar-refractivity contribution in [2.75, 3.05) is 0 Å². The second kappa shape index (κ2) is 10.6. The molecule has 1 aromatic carbocycles. The van der Waals surface area contributed by atoms with Gasteiger partial charge in [-0.05, 0) is 45.0 Å². The minimum Gasteiger partial charge on any atom is -0.345 e. The molecule has 27 heavy (non-hydrogen) atoms. The first-order chi connectivity index (χ1) is 12.8. The van der Waals surface area contributed by atoms with E-state index in [4.69, 9.17) is 4.98 Å². The van der Waals surface area contributed by atoms with E-state index in [9.17, 15) is 0 Å². The van der Waals surface area contributed by atoms with E-state index >= 15 is 0 Å². The lowest BCUT2D eigenvalue weighted by molar-refractivity contribution is 0.552. The van der Waals surface area contributed by atoms with Gasteiger partial charge in [0.15, 0.2) is 0 Å². The summed E-state index contributed by atoms with van der Waals surface area (Å²) < 4.78 is 1.32. The molecule has 0 radical (unpaired) electrons. The first-order valence-electron chi connectivity index (χ1n) is 8.98. The van der Waals surface area contributed by atoms with Crippen LogP contribution in [0.25, 0.3) is 20.7 Å². The zero-order valence-electron chi connectivity index (χ0n) is 17.3. The molecule has 0 saturated heterocycles. The number of hydrogen-bond acceptors (Lipinski definition) is 3. The Labute approximate surface area is 167 Å². The van der Waals surface area contributed by atoms with Crippen molar-refractivity contribution in [2.45, 2.75) is 47.0 Å². The topological polar surface area (TPSA) is 41.0 Å². The van der Waals surface area contributed by atoms with Crippen LogP contribution in [0, 0.1) is 6.92 Å². The fraction of sp³-hybridized carbons (Fsp3) is 0.304. The van der Waals surface area contributed by atoms with Gasteiger partial charge in [-0.15, -0.1) is 11.3 Å². The maximum atomic E-state index is 4.80. The molecule has 0 aliphatic heterocycles. The van der Waals surface area contributed by atoms with Crippen molar-refractivity contribution in [3.63, 3.8) is 0 Å². The predicted octanol–water partition coefficient (Wildman–Crippen LogP) is 7.31. The lowest BCUT2D eigenvalue weighted by Crippen LogP contribution is -2.13. The number of nitrogens with one attached hydrogen (secondary N) is 1. The summed E-state index contributed by atoms with van der Waals surface area (Å²) in [7, 11) is 0. The van der Waals surface area contributed by atoms with Crippen LogP contribution >= 0.6 is 11.3 Å². The van der Waals surface area contributed by atoms with Crippen LogP contribution in [0.15, 0.2) is 60.3 Å². The number of nitrogens with zero attached hydrogens (tertiary/aromatic N) is 2. The Kier molecular flexibility index (Phi) is 8.89. The van der Waals surface area contributed by atoms with Gasteiger partial charge in [0, 0.05) is 22.0 Å². The summed E-state index contributed by atoms with van der Waals surface area (Å²) in [5.74, 6) is 1.05. The number of hydrogen-bond donors (Lipinski definition) is 1. The number of thiophene rings is 1. The number of aromatic amines is 1. The third-order valence-corrected chi connectivity index (χ3v) is 4.84. The summed E-state index contributed by atoms with van der Waals surface area (Å²) in [4.78, 5) is 12.7. The van der Waals surface area contributed by atoms with Crippen LogP contribution in [-0.4, -0.2) is 16.7 Å². The maximum absolute atomic E-state index is 4.80. The average molecular weight is 382 g/mol. The molecule has 2 aromatic heterocycles. The van der Waals surface area contributed by atoms with E-state index in [-0.39, 0.29) is 5.41 Å². The van der Waals surface area contributed by atoms with Crippen LogP contribution in [-0.2, 0) is 5.41 Å². The average Bonchev–Trinajstić information content (AvgIpc) is 3.25. The lowest BCUT2D eigenvalue weighted by atomic mass is 9.96. The second-order valence-electron chi connectivity index (χ2n) is 6.99. The number of fused-ring (bicyclic) bond motifs is 1. The highest BCUT2D eigenvalue weighted by molar-refractivity contribution is 7.22. The molecular weight excluding hydrogens is 350 g/mol. The minimum atomic E-state index is 0.0553. The van der Waals surface area contributed by atoms with Crippen LogP contribution in [0.3, 0.4) is 0 Å². The van der Waals surface area contributed by atoms with E-state index in [2.05, 4.69) is 81.3 Å². The lowest BCUT2D eigenvalue weighted by Gasteiger charge is -2.13. The van der Waals surface area contributed by atoms with Gasteiger partial charge in [0.2, 0.25) is 0 Å². The molecule has 0 aliphatic rings. The van der Waals surface area contributed by atoms with Gasteiger partial charge >= 0.3 is 0 Å². The number of allylic oxidation sites excluding steroid dienone is 2. The van der Waals surface area contributed by atoms with Gasteiger partial charge in [-0.2, -0.15) is 0 Å². The highest BCUT2D eigenvalue weighted by atomic mass is 32.1. The zero-order chi connectivity index (χ0) is 20.4. The Morgan fingerprint density at radius 2 is 1.74 bits per heavy atom. The fourth-order valence-electron chi connectivity index (χ4n) is 2.15. The SMILES string of the molecule is C/C=C\C.C=CN=C.Cc1[nH]c(C(C)(C)C)nc1-c1cc2ccccc2s1. The summed E-state index contributed by atoms with van der Waals surface area (Å²) in [6.45, 7) is 19.0. The van der Waals surface area contributed by atoms with Crippen molar-refractivity contribution < 1.29 is 0 Å². The molecule has 0 amide bonds. The molecule has 1 N–H and O–H groups in total. The molecule has 3 nitrogen and oxygen atoms in total. The molecule has 0 fully saturated rings. The standard InChI is InChI=1S/C16H18N2S.C4H8.C3H5N/c1-10-14(18-15(17-10)16(2,3)4)13-9-11-7-5-6-8-12(11)19-13;2*1-3-4-2/h5-9H,1-4H3,(H,17,18);3-4H,1-2H3;3H,1-2H2/b;4-3-;. The van der Waals surface area contributed by atoms with E-state index in [1.165, 1.54) is 21.2 Å². The van der Waals surface area contributed by atoms with Crippen LogP contribution in [0.2, 0.25) is 0 Å². The summed E-state index contributed by atoms with van der Waals surface area (Å²) in [6, 6.07) is 10.7. The molecule has 0 bridgehead atoms.